The number of hydrogen-bond donors (Lipinski definition) is 0. The van der Waals surface area contributed by atoms with Gasteiger partial charge in [0, 0.05) is 6.72 Å². The first kappa shape index (κ1) is 4.76. The minimum Gasteiger partial charge on any atom is -0.245 e. The predicted molar refractivity (Wildman–Crippen MR) is 26.2 cm³/mol. The van der Waals surface area contributed by atoms with E-state index in [1.165, 1.54) is 12.4 Å². The van der Waals surface area contributed by atoms with E-state index in [2.05, 4.69) is 27.1 Å². The lowest BCUT2D eigenvalue weighted by molar-refractivity contribution is 0.0869. The van der Waals surface area contributed by atoms with Gasteiger partial charge in [0.25, 0.3) is 0 Å². The molecule has 0 aliphatic rings. The van der Waals surface area contributed by atoms with Crippen molar-refractivity contribution < 1.29 is 4.94 Å². The third-order valence-corrected chi connectivity index (χ3v) is 0.542. The third kappa shape index (κ3) is 0.810. The molecule has 1 aromatic rings. The number of rotatable bonds is 2. The van der Waals surface area contributed by atoms with Gasteiger partial charge in [-0.25, -0.2) is 4.94 Å². The van der Waals surface area contributed by atoms with E-state index in [0.717, 1.165) is 4.85 Å². The second kappa shape index (κ2) is 2.06. The van der Waals surface area contributed by atoms with Crippen molar-refractivity contribution in [2.24, 2.45) is 5.16 Å². The summed E-state index contributed by atoms with van der Waals surface area (Å²) >= 11 is 0. The summed E-state index contributed by atoms with van der Waals surface area (Å²) in [5, 5.41) is 9.95. The van der Waals surface area contributed by atoms with E-state index >= 15 is 0 Å². The summed E-state index contributed by atoms with van der Waals surface area (Å²) in [7, 11) is 0. The van der Waals surface area contributed by atoms with E-state index in [-0.39, 0.29) is 0 Å². The van der Waals surface area contributed by atoms with Crippen LogP contribution in [0.1, 0.15) is 0 Å². The first-order valence-electron chi connectivity index (χ1n) is 1.93. The highest BCUT2D eigenvalue weighted by molar-refractivity contribution is 5.21. The van der Waals surface area contributed by atoms with Crippen molar-refractivity contribution in [1.29, 1.82) is 0 Å². The summed E-state index contributed by atoms with van der Waals surface area (Å²) in [4.78, 5) is 5.49. The summed E-state index contributed by atoms with van der Waals surface area (Å²) in [5.41, 5.74) is 0. The fourth-order valence-corrected chi connectivity index (χ4v) is 0.300. The Balaban J connectivity index is 2.62. The van der Waals surface area contributed by atoms with E-state index in [0.29, 0.717) is 0 Å². The van der Waals surface area contributed by atoms with E-state index < -0.39 is 0 Å². The van der Waals surface area contributed by atoms with Gasteiger partial charge in [-0.05, 0) is 5.21 Å². The molecule has 1 rings (SSSR count). The molecule has 0 aliphatic carbocycles. The smallest absolute Gasteiger partial charge is 0.0901 e. The normalized spacial score (nSPS) is 8.50. The molecule has 42 valence electrons. The molecular formula is C3H4N4O. The first-order chi connectivity index (χ1) is 3.93. The lowest BCUT2D eigenvalue weighted by atomic mass is 11.0. The highest BCUT2D eigenvalue weighted by Crippen LogP contribution is 1.71. The van der Waals surface area contributed by atoms with E-state index in [9.17, 15) is 0 Å². The standard InChI is InChI=1S/C3H4N4O/c1-4-8-7-3-2-5-6-7/h2-3H,1H2. The zero-order valence-corrected chi connectivity index (χ0v) is 4.06. The Morgan fingerprint density at radius 1 is 1.75 bits per heavy atom. The van der Waals surface area contributed by atoms with Crippen molar-refractivity contribution in [3.05, 3.63) is 12.4 Å². The zero-order chi connectivity index (χ0) is 5.82. The molecule has 0 saturated carbocycles. The van der Waals surface area contributed by atoms with Crippen LogP contribution in [0.15, 0.2) is 17.5 Å². The van der Waals surface area contributed by atoms with Gasteiger partial charge >= 0.3 is 0 Å². The van der Waals surface area contributed by atoms with Gasteiger partial charge in [0.2, 0.25) is 0 Å². The van der Waals surface area contributed by atoms with Crippen LogP contribution in [0, 0.1) is 0 Å². The Kier molecular flexibility index (Phi) is 1.23. The van der Waals surface area contributed by atoms with Crippen LogP contribution in [0.5, 0.6) is 0 Å². The van der Waals surface area contributed by atoms with E-state index in [4.69, 9.17) is 0 Å². The molecule has 0 aliphatic heterocycles. The van der Waals surface area contributed by atoms with Crippen LogP contribution in [0.2, 0.25) is 0 Å². The van der Waals surface area contributed by atoms with Gasteiger partial charge in [0.1, 0.15) is 0 Å². The number of oxime groups is 1. The van der Waals surface area contributed by atoms with E-state index in [1.807, 2.05) is 0 Å². The summed E-state index contributed by atoms with van der Waals surface area (Å²) in [5.74, 6) is 0. The van der Waals surface area contributed by atoms with Crippen LogP contribution in [0.25, 0.3) is 0 Å². The van der Waals surface area contributed by atoms with Crippen LogP contribution in [0.3, 0.4) is 0 Å². The average Bonchev–Trinajstić information content (AvgIpc) is 2.19. The molecule has 0 aromatic carbocycles. The highest BCUT2D eigenvalue weighted by Gasteiger charge is 1.82. The zero-order valence-electron chi connectivity index (χ0n) is 4.06. The Bertz CT molecular complexity index is 158. The third-order valence-electron chi connectivity index (χ3n) is 0.542. The van der Waals surface area contributed by atoms with Crippen molar-refractivity contribution >= 4 is 6.72 Å². The van der Waals surface area contributed by atoms with Gasteiger partial charge in [0.15, 0.2) is 0 Å². The molecule has 1 aromatic heterocycles. The topological polar surface area (TPSA) is 52.3 Å². The number of aromatic nitrogens is 3. The molecule has 0 fully saturated rings. The van der Waals surface area contributed by atoms with Gasteiger partial charge in [-0.3, -0.25) is 0 Å². The fourth-order valence-electron chi connectivity index (χ4n) is 0.300. The van der Waals surface area contributed by atoms with Crippen molar-refractivity contribution in [3.63, 3.8) is 0 Å². The molecule has 0 amide bonds. The van der Waals surface area contributed by atoms with Crippen molar-refractivity contribution in [2.75, 3.05) is 0 Å². The number of hydrogen-bond acceptors (Lipinski definition) is 4. The SMILES string of the molecule is C=NOn1ccnn1. The second-order valence-corrected chi connectivity index (χ2v) is 1.02. The molecule has 0 spiro atoms. The fraction of sp³-hybridized carbons (Fsp3) is 0. The van der Waals surface area contributed by atoms with Crippen molar-refractivity contribution in [2.45, 2.75) is 0 Å². The molecule has 0 N–H and O–H groups in total. The molecule has 0 radical (unpaired) electrons. The molecule has 5 nitrogen and oxygen atoms in total. The Hall–Kier alpha value is -1.39. The van der Waals surface area contributed by atoms with Gasteiger partial charge < -0.3 is 0 Å². The van der Waals surface area contributed by atoms with Gasteiger partial charge in [-0.1, -0.05) is 10.0 Å². The predicted octanol–water partition coefficient (Wildman–Crippen LogP) is -0.678. The molecule has 1 heterocycles. The molecule has 8 heavy (non-hydrogen) atoms. The quantitative estimate of drug-likeness (QED) is 0.376. The lowest BCUT2D eigenvalue weighted by Crippen LogP contribution is -2.04. The largest absolute Gasteiger partial charge is 0.245 e. The number of nitrogens with zero attached hydrogens (tertiary/aromatic N) is 4. The van der Waals surface area contributed by atoms with Crippen molar-refractivity contribution in [3.8, 4) is 0 Å². The van der Waals surface area contributed by atoms with Crippen molar-refractivity contribution in [1.82, 2.24) is 15.2 Å². The maximum atomic E-state index is 4.40. The summed E-state index contributed by atoms with van der Waals surface area (Å²) in [6.45, 7) is 3.07. The molecule has 0 saturated heterocycles. The first-order valence-corrected chi connectivity index (χ1v) is 1.93. The van der Waals surface area contributed by atoms with Crippen LogP contribution in [0.4, 0.5) is 0 Å². The van der Waals surface area contributed by atoms with Crippen LogP contribution in [-0.2, 0) is 0 Å². The summed E-state index contributed by atoms with van der Waals surface area (Å²) in [6.07, 6.45) is 2.99. The van der Waals surface area contributed by atoms with Crippen LogP contribution in [-0.4, -0.2) is 21.9 Å². The maximum absolute atomic E-state index is 4.40. The highest BCUT2D eigenvalue weighted by atomic mass is 16.8. The molecular weight excluding hydrogens is 108 g/mol. The summed E-state index contributed by atoms with van der Waals surface area (Å²) in [6, 6.07) is 0. The van der Waals surface area contributed by atoms with Gasteiger partial charge in [-0.2, -0.15) is 0 Å². The minimum absolute atomic E-state index is 1.09. The lowest BCUT2D eigenvalue weighted by Gasteiger charge is -1.88. The van der Waals surface area contributed by atoms with E-state index in [1.54, 1.807) is 0 Å². The molecule has 0 atom stereocenters. The van der Waals surface area contributed by atoms with Crippen LogP contribution >= 0.6 is 0 Å². The minimum atomic E-state index is 1.09. The average molecular weight is 112 g/mol. The maximum Gasteiger partial charge on any atom is 0.0901 e. The Morgan fingerprint density at radius 3 is 3.12 bits per heavy atom. The summed E-state index contributed by atoms with van der Waals surface area (Å²) < 4.78 is 0. The second-order valence-electron chi connectivity index (χ2n) is 1.02. The molecule has 5 heteroatoms. The molecule has 0 unspecified atom stereocenters. The van der Waals surface area contributed by atoms with Crippen LogP contribution < -0.4 is 4.94 Å². The van der Waals surface area contributed by atoms with Gasteiger partial charge in [-0.15, -0.1) is 5.10 Å². The monoisotopic (exact) mass is 112 g/mol. The Morgan fingerprint density at radius 2 is 2.62 bits per heavy atom. The molecule has 0 bridgehead atoms. The van der Waals surface area contributed by atoms with Gasteiger partial charge in [0.05, 0.1) is 12.4 Å². The Labute approximate surface area is 45.5 Å².